The molecule has 0 atom stereocenters. The zero-order valence-corrected chi connectivity index (χ0v) is 16.3. The first kappa shape index (κ1) is 20.0. The summed E-state index contributed by atoms with van der Waals surface area (Å²) in [7, 11) is 0. The molecule has 1 saturated heterocycles. The fraction of sp³-hybridized carbons (Fsp3) is 0.381. The molecule has 0 amide bonds. The van der Waals surface area contributed by atoms with E-state index < -0.39 is 11.6 Å². The number of carbonyl (C=O) groups excluding carboxylic acids is 1. The van der Waals surface area contributed by atoms with Gasteiger partial charge in [0.25, 0.3) is 0 Å². The van der Waals surface area contributed by atoms with Crippen LogP contribution in [0.15, 0.2) is 47.4 Å². The van der Waals surface area contributed by atoms with Crippen molar-refractivity contribution in [2.24, 2.45) is 0 Å². The second-order valence-electron chi connectivity index (χ2n) is 6.82. The summed E-state index contributed by atoms with van der Waals surface area (Å²) in [5.74, 6) is -0.805. The third kappa shape index (κ3) is 5.61. The number of halogens is 2. The molecule has 3 rings (SSSR count). The zero-order valence-electron chi connectivity index (χ0n) is 15.5. The van der Waals surface area contributed by atoms with Crippen LogP contribution >= 0.6 is 11.8 Å². The van der Waals surface area contributed by atoms with Gasteiger partial charge in [0.1, 0.15) is 11.6 Å². The van der Waals surface area contributed by atoms with E-state index >= 15 is 0 Å². The predicted octanol–water partition coefficient (Wildman–Crippen LogP) is 3.62. The van der Waals surface area contributed by atoms with Gasteiger partial charge in [0, 0.05) is 49.6 Å². The highest BCUT2D eigenvalue weighted by molar-refractivity contribution is 7.98. The van der Waals surface area contributed by atoms with Crippen LogP contribution in [0, 0.1) is 11.6 Å². The highest BCUT2D eigenvalue weighted by atomic mass is 32.2. The summed E-state index contributed by atoms with van der Waals surface area (Å²) in [5.41, 5.74) is 1.15. The molecule has 0 N–H and O–H groups in total. The molecular formula is C21H24F2N2OS. The molecule has 1 fully saturated rings. The van der Waals surface area contributed by atoms with Crippen molar-refractivity contribution in [3.05, 3.63) is 65.2 Å². The summed E-state index contributed by atoms with van der Waals surface area (Å²) in [5, 5.41) is 0. The third-order valence-electron chi connectivity index (χ3n) is 4.87. The van der Waals surface area contributed by atoms with Crippen LogP contribution in [0.1, 0.15) is 11.1 Å². The Bertz CT molecular complexity index is 754. The van der Waals surface area contributed by atoms with Gasteiger partial charge in [0.2, 0.25) is 0 Å². The van der Waals surface area contributed by atoms with Crippen LogP contribution < -0.4 is 0 Å². The number of benzene rings is 2. The molecule has 2 aromatic carbocycles. The van der Waals surface area contributed by atoms with Crippen molar-refractivity contribution in [3.8, 4) is 0 Å². The lowest BCUT2D eigenvalue weighted by Gasteiger charge is -2.34. The Morgan fingerprint density at radius 1 is 0.963 bits per heavy atom. The average Bonchev–Trinajstić information content (AvgIpc) is 2.67. The number of piperazine rings is 1. The van der Waals surface area contributed by atoms with E-state index in [1.165, 1.54) is 23.1 Å². The number of ketones is 1. The molecule has 0 bridgehead atoms. The van der Waals surface area contributed by atoms with Crippen LogP contribution in [-0.4, -0.2) is 54.6 Å². The number of carbonyl (C=O) groups is 1. The van der Waals surface area contributed by atoms with Gasteiger partial charge < -0.3 is 0 Å². The van der Waals surface area contributed by atoms with Crippen LogP contribution in [0.5, 0.6) is 0 Å². The molecule has 0 spiro atoms. The van der Waals surface area contributed by atoms with E-state index in [1.807, 2.05) is 35.4 Å². The maximum Gasteiger partial charge on any atom is 0.151 e. The van der Waals surface area contributed by atoms with E-state index in [0.29, 0.717) is 26.1 Å². The molecule has 0 unspecified atom stereocenters. The second-order valence-corrected chi connectivity index (χ2v) is 7.70. The number of rotatable bonds is 7. The molecular weight excluding hydrogens is 366 g/mol. The van der Waals surface area contributed by atoms with Gasteiger partial charge in [0.05, 0.1) is 6.54 Å². The van der Waals surface area contributed by atoms with Crippen LogP contribution in [0.3, 0.4) is 0 Å². The summed E-state index contributed by atoms with van der Waals surface area (Å²) < 4.78 is 27.6. The van der Waals surface area contributed by atoms with Crippen molar-refractivity contribution in [2.45, 2.75) is 17.9 Å². The molecule has 0 aromatic heterocycles. The van der Waals surface area contributed by atoms with Gasteiger partial charge in [-0.05, 0) is 36.1 Å². The van der Waals surface area contributed by atoms with E-state index in [1.54, 1.807) is 11.8 Å². The molecule has 1 heterocycles. The number of hydrogen-bond acceptors (Lipinski definition) is 4. The van der Waals surface area contributed by atoms with E-state index in [2.05, 4.69) is 4.90 Å². The monoisotopic (exact) mass is 390 g/mol. The van der Waals surface area contributed by atoms with Crippen molar-refractivity contribution >= 4 is 17.5 Å². The van der Waals surface area contributed by atoms with Gasteiger partial charge in [-0.25, -0.2) is 8.78 Å². The van der Waals surface area contributed by atoms with Gasteiger partial charge >= 0.3 is 0 Å². The lowest BCUT2D eigenvalue weighted by molar-refractivity contribution is -0.120. The molecule has 2 aromatic rings. The molecule has 27 heavy (non-hydrogen) atoms. The first-order valence-electron chi connectivity index (χ1n) is 9.07. The van der Waals surface area contributed by atoms with Crippen molar-refractivity contribution in [1.29, 1.82) is 0 Å². The van der Waals surface area contributed by atoms with E-state index in [9.17, 15) is 13.6 Å². The van der Waals surface area contributed by atoms with Crippen molar-refractivity contribution in [3.63, 3.8) is 0 Å². The first-order chi connectivity index (χ1) is 13.0. The first-order valence-corrected chi connectivity index (χ1v) is 10.3. The number of nitrogens with zero attached hydrogens (tertiary/aromatic N) is 2. The van der Waals surface area contributed by atoms with Crippen molar-refractivity contribution in [2.75, 3.05) is 39.0 Å². The Labute approximate surface area is 163 Å². The van der Waals surface area contributed by atoms with Crippen LogP contribution in [-0.2, 0) is 17.8 Å². The maximum atomic E-state index is 13.8. The Morgan fingerprint density at radius 2 is 1.56 bits per heavy atom. The Kier molecular flexibility index (Phi) is 6.99. The van der Waals surface area contributed by atoms with Gasteiger partial charge in [-0.1, -0.05) is 18.2 Å². The Balaban J connectivity index is 1.45. The van der Waals surface area contributed by atoms with Crippen LogP contribution in [0.2, 0.25) is 0 Å². The lowest BCUT2D eigenvalue weighted by atomic mass is 10.1. The highest BCUT2D eigenvalue weighted by Gasteiger charge is 2.21. The Hall–Kier alpha value is -1.76. The fourth-order valence-electron chi connectivity index (χ4n) is 3.29. The molecule has 144 valence electrons. The number of thioether (sulfide) groups is 1. The minimum atomic E-state index is -0.500. The summed E-state index contributed by atoms with van der Waals surface area (Å²) in [6.07, 6.45) is 2.47. The molecule has 1 aliphatic heterocycles. The summed E-state index contributed by atoms with van der Waals surface area (Å²) in [6, 6.07) is 12.0. The zero-order chi connectivity index (χ0) is 19.2. The quantitative estimate of drug-likeness (QED) is 0.674. The highest BCUT2D eigenvalue weighted by Crippen LogP contribution is 2.17. The van der Waals surface area contributed by atoms with Gasteiger partial charge in [-0.2, -0.15) is 0 Å². The summed E-state index contributed by atoms with van der Waals surface area (Å²) >= 11 is 1.68. The smallest absolute Gasteiger partial charge is 0.151 e. The molecule has 3 nitrogen and oxygen atoms in total. The fourth-order valence-corrected chi connectivity index (χ4v) is 3.70. The molecule has 0 aliphatic carbocycles. The number of hydrogen-bond donors (Lipinski definition) is 0. The van der Waals surface area contributed by atoms with Crippen molar-refractivity contribution < 1.29 is 13.6 Å². The molecule has 1 aliphatic rings. The minimum Gasteiger partial charge on any atom is -0.298 e. The largest absolute Gasteiger partial charge is 0.298 e. The average molecular weight is 390 g/mol. The lowest BCUT2D eigenvalue weighted by Crippen LogP contribution is -2.47. The van der Waals surface area contributed by atoms with Crippen LogP contribution in [0.4, 0.5) is 8.78 Å². The topological polar surface area (TPSA) is 23.6 Å². The van der Waals surface area contributed by atoms with E-state index in [0.717, 1.165) is 18.7 Å². The van der Waals surface area contributed by atoms with Gasteiger partial charge in [-0.15, -0.1) is 11.8 Å². The Morgan fingerprint density at radius 3 is 2.15 bits per heavy atom. The molecule has 0 saturated carbocycles. The number of Topliss-reactive ketones (excluding diaryl/α,β-unsaturated/α-hetero) is 1. The second kappa shape index (κ2) is 9.44. The molecule has 6 heteroatoms. The maximum absolute atomic E-state index is 13.8. The van der Waals surface area contributed by atoms with E-state index in [-0.39, 0.29) is 17.9 Å². The third-order valence-corrected chi connectivity index (χ3v) is 5.61. The standard InChI is InChI=1S/C21H24F2N2OS/c1-27-18-7-5-16(6-8-18)13-17(26)14-24-9-11-25(12-10-24)15-19-20(22)3-2-4-21(19)23/h2-8H,9-15H2,1H3. The SMILES string of the molecule is CSc1ccc(CC(=O)CN2CCN(Cc3c(F)cccc3F)CC2)cc1. The summed E-state index contributed by atoms with van der Waals surface area (Å²) in [6.45, 7) is 3.54. The van der Waals surface area contributed by atoms with Crippen LogP contribution in [0.25, 0.3) is 0 Å². The summed E-state index contributed by atoms with van der Waals surface area (Å²) in [4.78, 5) is 17.7. The normalized spacial score (nSPS) is 15.8. The predicted molar refractivity (Wildman–Crippen MR) is 105 cm³/mol. The minimum absolute atomic E-state index is 0.121. The van der Waals surface area contributed by atoms with Crippen molar-refractivity contribution in [1.82, 2.24) is 9.80 Å². The van der Waals surface area contributed by atoms with Gasteiger partial charge in [-0.3, -0.25) is 14.6 Å². The van der Waals surface area contributed by atoms with Gasteiger partial charge in [0.15, 0.2) is 5.78 Å². The van der Waals surface area contributed by atoms with E-state index in [4.69, 9.17) is 0 Å². The molecule has 0 radical (unpaired) electrons.